The summed E-state index contributed by atoms with van der Waals surface area (Å²) in [6, 6.07) is 0. The van der Waals surface area contributed by atoms with Crippen LogP contribution in [0.3, 0.4) is 0 Å². The number of ether oxygens (including phenoxy) is 2. The second kappa shape index (κ2) is 8.88. The molecule has 0 N–H and O–H groups in total. The van der Waals surface area contributed by atoms with Crippen molar-refractivity contribution in [2.45, 2.75) is 97.0 Å². The van der Waals surface area contributed by atoms with Crippen LogP contribution in [0.1, 0.15) is 90.9 Å². The zero-order valence-corrected chi connectivity index (χ0v) is 16.4. The van der Waals surface area contributed by atoms with Crippen LogP contribution in [0.15, 0.2) is 0 Å². The van der Waals surface area contributed by atoms with Crippen molar-refractivity contribution < 1.29 is 14.3 Å². The van der Waals surface area contributed by atoms with Gasteiger partial charge >= 0.3 is 5.97 Å². The Kier molecular flexibility index (Phi) is 6.82. The maximum absolute atomic E-state index is 12.3. The zero-order chi connectivity index (χ0) is 17.7. The van der Waals surface area contributed by atoms with Crippen molar-refractivity contribution in [3.63, 3.8) is 0 Å². The Hall–Kier alpha value is -0.570. The first kappa shape index (κ1) is 19.2. The van der Waals surface area contributed by atoms with Gasteiger partial charge in [-0.05, 0) is 88.4 Å². The van der Waals surface area contributed by atoms with Crippen molar-refractivity contribution in [2.24, 2.45) is 23.2 Å². The Balaban J connectivity index is 1.23. The van der Waals surface area contributed by atoms with E-state index in [1.54, 1.807) is 0 Å². The molecule has 4 aliphatic rings. The predicted octanol–water partition coefficient (Wildman–Crippen LogP) is 5.51. The summed E-state index contributed by atoms with van der Waals surface area (Å²) >= 11 is 0. The van der Waals surface area contributed by atoms with E-state index in [2.05, 4.69) is 13.8 Å². The van der Waals surface area contributed by atoms with Gasteiger partial charge in [-0.2, -0.15) is 0 Å². The molecule has 0 aromatic carbocycles. The highest BCUT2D eigenvalue weighted by molar-refractivity contribution is 5.70. The Bertz CT molecular complexity index is 394. The Morgan fingerprint density at radius 3 is 1.96 bits per heavy atom. The van der Waals surface area contributed by atoms with Crippen molar-refractivity contribution in [2.75, 3.05) is 13.2 Å². The molecule has 25 heavy (non-hydrogen) atoms. The lowest BCUT2D eigenvalue weighted by molar-refractivity contribution is -0.152. The molecule has 4 rings (SSSR count). The quantitative estimate of drug-likeness (QED) is 0.364. The summed E-state index contributed by atoms with van der Waals surface area (Å²) in [7, 11) is 0. The van der Waals surface area contributed by atoms with Crippen molar-refractivity contribution in [3.05, 3.63) is 0 Å². The molecular weight excluding hydrogens is 312 g/mol. The van der Waals surface area contributed by atoms with Crippen LogP contribution in [-0.4, -0.2) is 25.3 Å². The molecule has 3 heteroatoms. The van der Waals surface area contributed by atoms with Gasteiger partial charge in [0, 0.05) is 6.61 Å². The van der Waals surface area contributed by atoms with Crippen molar-refractivity contribution in [1.82, 2.24) is 0 Å². The maximum atomic E-state index is 12.3. The SMILES string of the molecule is CC(C)OCCCCCCCOC(=O)CC12CC3CC(CC(C3)C1)C2. The average molecular weight is 351 g/mol. The number of hydrogen-bond donors (Lipinski definition) is 0. The predicted molar refractivity (Wildman–Crippen MR) is 100 cm³/mol. The molecule has 3 nitrogen and oxygen atoms in total. The molecule has 0 atom stereocenters. The van der Waals surface area contributed by atoms with Gasteiger partial charge in [-0.1, -0.05) is 19.3 Å². The summed E-state index contributed by atoms with van der Waals surface area (Å²) in [5.74, 6) is 2.82. The van der Waals surface area contributed by atoms with Crippen LogP contribution >= 0.6 is 0 Å². The standard InChI is InChI=1S/C22H38O3/c1-17(2)24-8-6-4-3-5-7-9-25-21(23)16-22-13-18-10-19(14-22)12-20(11-18)15-22/h17-20H,3-16H2,1-2H3. The first-order chi connectivity index (χ1) is 12.0. The van der Waals surface area contributed by atoms with Gasteiger partial charge in [-0.25, -0.2) is 0 Å². The summed E-state index contributed by atoms with van der Waals surface area (Å²) in [4.78, 5) is 12.3. The normalized spacial score (nSPS) is 33.2. The first-order valence-corrected chi connectivity index (χ1v) is 10.8. The molecule has 0 spiro atoms. The maximum Gasteiger partial charge on any atom is 0.306 e. The van der Waals surface area contributed by atoms with Crippen LogP contribution in [0, 0.1) is 23.2 Å². The minimum atomic E-state index is 0.0762. The molecule has 0 amide bonds. The lowest BCUT2D eigenvalue weighted by atomic mass is 9.49. The van der Waals surface area contributed by atoms with Crippen LogP contribution in [-0.2, 0) is 14.3 Å². The van der Waals surface area contributed by atoms with Crippen molar-refractivity contribution in [3.8, 4) is 0 Å². The molecule has 144 valence electrons. The fourth-order valence-corrected chi connectivity index (χ4v) is 6.10. The smallest absolute Gasteiger partial charge is 0.306 e. The Labute approximate surface area is 154 Å². The minimum absolute atomic E-state index is 0.0762. The third-order valence-electron chi connectivity index (χ3n) is 6.69. The molecule has 4 saturated carbocycles. The number of carbonyl (C=O) groups is 1. The van der Waals surface area contributed by atoms with E-state index in [0.717, 1.165) is 43.6 Å². The van der Waals surface area contributed by atoms with Crippen LogP contribution < -0.4 is 0 Å². The molecular formula is C22H38O3. The fraction of sp³-hybridized carbons (Fsp3) is 0.955. The van der Waals surface area contributed by atoms with Gasteiger partial charge in [0.05, 0.1) is 19.1 Å². The molecule has 0 saturated heterocycles. The summed E-state index contributed by atoms with van der Waals surface area (Å²) < 4.78 is 11.1. The first-order valence-electron chi connectivity index (χ1n) is 10.8. The van der Waals surface area contributed by atoms with Gasteiger partial charge in [0.2, 0.25) is 0 Å². The second-order valence-electron chi connectivity index (χ2n) is 9.50. The van der Waals surface area contributed by atoms with E-state index in [1.807, 2.05) is 0 Å². The zero-order valence-electron chi connectivity index (χ0n) is 16.4. The molecule has 4 fully saturated rings. The summed E-state index contributed by atoms with van der Waals surface area (Å²) in [6.45, 7) is 5.65. The lowest BCUT2D eigenvalue weighted by Gasteiger charge is -2.56. The number of unbranched alkanes of at least 4 members (excludes halogenated alkanes) is 4. The topological polar surface area (TPSA) is 35.5 Å². The van der Waals surface area contributed by atoms with Gasteiger partial charge in [-0.15, -0.1) is 0 Å². The number of esters is 1. The van der Waals surface area contributed by atoms with Gasteiger partial charge in [0.15, 0.2) is 0 Å². The summed E-state index contributed by atoms with van der Waals surface area (Å²) in [5.41, 5.74) is 0.322. The van der Waals surface area contributed by atoms with Gasteiger partial charge in [0.25, 0.3) is 0 Å². The second-order valence-corrected chi connectivity index (χ2v) is 9.50. The van der Waals surface area contributed by atoms with E-state index in [-0.39, 0.29) is 5.97 Å². The summed E-state index contributed by atoms with van der Waals surface area (Å²) in [6.07, 6.45) is 15.0. The highest BCUT2D eigenvalue weighted by Crippen LogP contribution is 2.61. The Morgan fingerprint density at radius 2 is 1.40 bits per heavy atom. The average Bonchev–Trinajstić information content (AvgIpc) is 2.51. The molecule has 4 bridgehead atoms. The van der Waals surface area contributed by atoms with Gasteiger partial charge < -0.3 is 9.47 Å². The minimum Gasteiger partial charge on any atom is -0.466 e. The number of hydrogen-bond acceptors (Lipinski definition) is 3. The van der Waals surface area contributed by atoms with Crippen LogP contribution in [0.2, 0.25) is 0 Å². The highest BCUT2D eigenvalue weighted by Gasteiger charge is 2.51. The lowest BCUT2D eigenvalue weighted by Crippen LogP contribution is -2.47. The fourth-order valence-electron chi connectivity index (χ4n) is 6.10. The van der Waals surface area contributed by atoms with Crippen LogP contribution in [0.25, 0.3) is 0 Å². The number of rotatable bonds is 11. The van der Waals surface area contributed by atoms with Crippen LogP contribution in [0.5, 0.6) is 0 Å². The van der Waals surface area contributed by atoms with E-state index in [1.165, 1.54) is 51.4 Å². The molecule has 0 aromatic heterocycles. The van der Waals surface area contributed by atoms with Crippen molar-refractivity contribution >= 4 is 5.97 Å². The highest BCUT2D eigenvalue weighted by atomic mass is 16.5. The largest absolute Gasteiger partial charge is 0.466 e. The third kappa shape index (κ3) is 5.70. The van der Waals surface area contributed by atoms with E-state index in [4.69, 9.17) is 9.47 Å². The monoisotopic (exact) mass is 350 g/mol. The number of carbonyl (C=O) groups excluding carboxylic acids is 1. The van der Waals surface area contributed by atoms with E-state index in [9.17, 15) is 4.79 Å². The van der Waals surface area contributed by atoms with E-state index >= 15 is 0 Å². The molecule has 0 radical (unpaired) electrons. The van der Waals surface area contributed by atoms with Crippen LogP contribution in [0.4, 0.5) is 0 Å². The van der Waals surface area contributed by atoms with Gasteiger partial charge in [0.1, 0.15) is 0 Å². The summed E-state index contributed by atoms with van der Waals surface area (Å²) in [5, 5.41) is 0. The molecule has 0 aliphatic heterocycles. The van der Waals surface area contributed by atoms with Gasteiger partial charge in [-0.3, -0.25) is 4.79 Å². The Morgan fingerprint density at radius 1 is 0.880 bits per heavy atom. The molecule has 0 heterocycles. The molecule has 4 aliphatic carbocycles. The third-order valence-corrected chi connectivity index (χ3v) is 6.69. The van der Waals surface area contributed by atoms with Crippen molar-refractivity contribution in [1.29, 1.82) is 0 Å². The van der Waals surface area contributed by atoms with E-state index in [0.29, 0.717) is 24.5 Å². The van der Waals surface area contributed by atoms with E-state index < -0.39 is 0 Å². The molecule has 0 aromatic rings. The molecule has 0 unspecified atom stereocenters.